The van der Waals surface area contributed by atoms with Gasteiger partial charge in [-0.1, -0.05) is 44.2 Å². The number of benzene rings is 1. The largest absolute Gasteiger partial charge is 0.465 e. The lowest BCUT2D eigenvalue weighted by Gasteiger charge is -2.34. The van der Waals surface area contributed by atoms with E-state index in [1.54, 1.807) is 13.8 Å². The van der Waals surface area contributed by atoms with Gasteiger partial charge >= 0.3 is 6.09 Å². The summed E-state index contributed by atoms with van der Waals surface area (Å²) in [5.41, 5.74) is 1.14. The van der Waals surface area contributed by atoms with Crippen LogP contribution < -0.4 is 5.32 Å². The Morgan fingerprint density at radius 3 is 2.18 bits per heavy atom. The van der Waals surface area contributed by atoms with Crippen LogP contribution >= 0.6 is 0 Å². The molecule has 1 unspecified atom stereocenters. The van der Waals surface area contributed by atoms with Gasteiger partial charge in [0.1, 0.15) is 6.04 Å². The van der Waals surface area contributed by atoms with Crippen molar-refractivity contribution in [2.45, 2.75) is 46.2 Å². The van der Waals surface area contributed by atoms with Gasteiger partial charge in [0.15, 0.2) is 0 Å². The molecule has 122 valence electrons. The van der Waals surface area contributed by atoms with E-state index in [9.17, 15) is 14.7 Å². The number of nitrogens with one attached hydrogen (secondary N) is 1. The fourth-order valence-electron chi connectivity index (χ4n) is 2.49. The van der Waals surface area contributed by atoms with Gasteiger partial charge < -0.3 is 10.4 Å². The van der Waals surface area contributed by atoms with E-state index in [2.05, 4.69) is 5.32 Å². The molecule has 0 aliphatic heterocycles. The number of hydrogen-bond acceptors (Lipinski definition) is 2. The maximum Gasteiger partial charge on any atom is 0.408 e. The number of amides is 2. The second kappa shape index (κ2) is 8.41. The van der Waals surface area contributed by atoms with Crippen LogP contribution in [0.2, 0.25) is 0 Å². The summed E-state index contributed by atoms with van der Waals surface area (Å²) in [6.07, 6.45) is -0.335. The fraction of sp³-hybridized carbons (Fsp3) is 0.529. The zero-order valence-corrected chi connectivity index (χ0v) is 13.7. The third kappa shape index (κ3) is 5.06. The Kier molecular flexibility index (Phi) is 6.89. The quantitative estimate of drug-likeness (QED) is 0.814. The van der Waals surface area contributed by atoms with E-state index in [-0.39, 0.29) is 17.9 Å². The van der Waals surface area contributed by atoms with Crippen LogP contribution in [0.25, 0.3) is 0 Å². The number of carbonyl (C=O) groups is 2. The normalized spacial score (nSPS) is 12.3. The summed E-state index contributed by atoms with van der Waals surface area (Å²) in [6, 6.07) is 8.95. The van der Waals surface area contributed by atoms with E-state index >= 15 is 0 Å². The molecule has 5 heteroatoms. The number of carbonyl (C=O) groups excluding carboxylic acids is 1. The number of rotatable bonds is 7. The summed E-state index contributed by atoms with van der Waals surface area (Å²) in [7, 11) is 0. The van der Waals surface area contributed by atoms with E-state index < -0.39 is 12.1 Å². The van der Waals surface area contributed by atoms with Crippen LogP contribution in [-0.4, -0.2) is 40.6 Å². The van der Waals surface area contributed by atoms with Gasteiger partial charge in [0.25, 0.3) is 0 Å². The first-order chi connectivity index (χ1) is 10.3. The molecule has 0 spiro atoms. The van der Waals surface area contributed by atoms with Gasteiger partial charge in [0, 0.05) is 12.6 Å². The van der Waals surface area contributed by atoms with Crippen molar-refractivity contribution >= 4 is 12.0 Å². The van der Waals surface area contributed by atoms with Crippen LogP contribution in [0, 0.1) is 5.92 Å². The van der Waals surface area contributed by atoms with Gasteiger partial charge in [0.05, 0.1) is 0 Å². The van der Waals surface area contributed by atoms with Crippen LogP contribution in [0.15, 0.2) is 30.3 Å². The highest BCUT2D eigenvalue weighted by Gasteiger charge is 2.33. The second-order valence-corrected chi connectivity index (χ2v) is 6.00. The summed E-state index contributed by atoms with van der Waals surface area (Å²) in [5, 5.41) is 12.2. The van der Waals surface area contributed by atoms with Crippen molar-refractivity contribution in [3.8, 4) is 0 Å². The Morgan fingerprint density at radius 2 is 1.73 bits per heavy atom. The third-order valence-electron chi connectivity index (χ3n) is 3.53. The molecule has 0 radical (unpaired) electrons. The highest BCUT2D eigenvalue weighted by atomic mass is 16.4. The molecular weight excluding hydrogens is 280 g/mol. The van der Waals surface area contributed by atoms with Crippen molar-refractivity contribution in [1.82, 2.24) is 10.2 Å². The minimum atomic E-state index is -1.06. The molecule has 0 aliphatic rings. The molecule has 1 rings (SSSR count). The first-order valence-electron chi connectivity index (χ1n) is 7.67. The lowest BCUT2D eigenvalue weighted by molar-refractivity contribution is -0.128. The Balaban J connectivity index is 2.67. The van der Waals surface area contributed by atoms with Crippen molar-refractivity contribution in [3.05, 3.63) is 35.9 Å². The molecule has 0 bridgehead atoms. The third-order valence-corrected chi connectivity index (χ3v) is 3.53. The van der Waals surface area contributed by atoms with Gasteiger partial charge in [-0.05, 0) is 31.7 Å². The van der Waals surface area contributed by atoms with Gasteiger partial charge in [0.2, 0.25) is 5.91 Å². The van der Waals surface area contributed by atoms with Crippen LogP contribution in [-0.2, 0) is 11.2 Å². The zero-order chi connectivity index (χ0) is 16.7. The smallest absolute Gasteiger partial charge is 0.408 e. The lowest BCUT2D eigenvalue weighted by Crippen LogP contribution is -2.54. The molecule has 2 amide bonds. The summed E-state index contributed by atoms with van der Waals surface area (Å²) in [4.78, 5) is 25.1. The van der Waals surface area contributed by atoms with Gasteiger partial charge in [-0.3, -0.25) is 9.69 Å². The summed E-state index contributed by atoms with van der Waals surface area (Å²) in [5.74, 6) is -0.322. The standard InChI is InChI=1S/C17H26N2O3/c1-12(2)15(19(13(3)4)17(21)22)16(20)18-11-10-14-8-6-5-7-9-14/h5-9,12-13,15H,10-11H2,1-4H3,(H,18,20)(H,21,22). The Bertz CT molecular complexity index is 486. The lowest BCUT2D eigenvalue weighted by atomic mass is 10.0. The van der Waals surface area contributed by atoms with Crippen molar-refractivity contribution in [2.24, 2.45) is 5.92 Å². The number of nitrogens with zero attached hydrogens (tertiary/aromatic N) is 1. The van der Waals surface area contributed by atoms with E-state index in [1.807, 2.05) is 44.2 Å². The molecule has 1 aromatic carbocycles. The highest BCUT2D eigenvalue weighted by Crippen LogP contribution is 2.15. The van der Waals surface area contributed by atoms with Gasteiger partial charge in [-0.15, -0.1) is 0 Å². The summed E-state index contributed by atoms with van der Waals surface area (Å²) >= 11 is 0. The minimum Gasteiger partial charge on any atom is -0.465 e. The van der Waals surface area contributed by atoms with Crippen molar-refractivity contribution in [3.63, 3.8) is 0 Å². The fourth-order valence-corrected chi connectivity index (χ4v) is 2.49. The van der Waals surface area contributed by atoms with Crippen molar-refractivity contribution in [2.75, 3.05) is 6.54 Å². The maximum absolute atomic E-state index is 12.4. The Morgan fingerprint density at radius 1 is 1.14 bits per heavy atom. The summed E-state index contributed by atoms with van der Waals surface area (Å²) in [6.45, 7) is 7.78. The second-order valence-electron chi connectivity index (χ2n) is 6.00. The molecule has 2 N–H and O–H groups in total. The summed E-state index contributed by atoms with van der Waals surface area (Å²) < 4.78 is 0. The topological polar surface area (TPSA) is 69.6 Å². The van der Waals surface area contributed by atoms with Crippen LogP contribution in [0.5, 0.6) is 0 Å². The first-order valence-corrected chi connectivity index (χ1v) is 7.67. The molecule has 0 saturated carbocycles. The first kappa shape index (κ1) is 18.0. The molecule has 1 aromatic rings. The van der Waals surface area contributed by atoms with E-state index in [0.717, 1.165) is 12.0 Å². The average molecular weight is 306 g/mol. The molecule has 0 aliphatic carbocycles. The number of carboxylic acid groups (broad SMARTS) is 1. The molecule has 0 aromatic heterocycles. The van der Waals surface area contributed by atoms with E-state index in [0.29, 0.717) is 6.54 Å². The molecule has 0 saturated heterocycles. The number of hydrogen-bond donors (Lipinski definition) is 2. The molecule has 0 fully saturated rings. The highest BCUT2D eigenvalue weighted by molar-refractivity contribution is 5.85. The van der Waals surface area contributed by atoms with Crippen LogP contribution in [0.4, 0.5) is 4.79 Å². The monoisotopic (exact) mass is 306 g/mol. The maximum atomic E-state index is 12.4. The Labute approximate surface area is 132 Å². The average Bonchev–Trinajstić information content (AvgIpc) is 2.44. The molecular formula is C17H26N2O3. The van der Waals surface area contributed by atoms with E-state index in [1.165, 1.54) is 4.90 Å². The SMILES string of the molecule is CC(C)C(C(=O)NCCc1ccccc1)N(C(=O)O)C(C)C. The predicted molar refractivity (Wildman–Crippen MR) is 86.8 cm³/mol. The van der Waals surface area contributed by atoms with Crippen molar-refractivity contribution < 1.29 is 14.7 Å². The molecule has 5 nitrogen and oxygen atoms in total. The van der Waals surface area contributed by atoms with Gasteiger partial charge in [-0.25, -0.2) is 4.79 Å². The zero-order valence-electron chi connectivity index (χ0n) is 13.7. The van der Waals surface area contributed by atoms with Crippen LogP contribution in [0.3, 0.4) is 0 Å². The Hall–Kier alpha value is -2.04. The molecule has 1 atom stereocenters. The molecule has 0 heterocycles. The van der Waals surface area contributed by atoms with Gasteiger partial charge in [-0.2, -0.15) is 0 Å². The predicted octanol–water partition coefficient (Wildman–Crippen LogP) is 2.76. The van der Waals surface area contributed by atoms with Crippen LogP contribution in [0.1, 0.15) is 33.3 Å². The van der Waals surface area contributed by atoms with Crippen molar-refractivity contribution in [1.29, 1.82) is 0 Å². The molecule has 22 heavy (non-hydrogen) atoms. The van der Waals surface area contributed by atoms with E-state index in [4.69, 9.17) is 0 Å². The minimum absolute atomic E-state index is 0.0878.